The highest BCUT2D eigenvalue weighted by atomic mass is 79.9. The molecule has 0 saturated carbocycles. The van der Waals surface area contributed by atoms with Gasteiger partial charge in [-0.15, -0.1) is 0 Å². The number of carboxylic acid groups (broad SMARTS) is 2. The minimum Gasteiger partial charge on any atom is -0.478 e. The predicted molar refractivity (Wildman–Crippen MR) is 74.4 cm³/mol. The Bertz CT molecular complexity index is 674. The van der Waals surface area contributed by atoms with E-state index in [1.807, 2.05) is 0 Å². The fraction of sp³-hybridized carbons (Fsp3) is 0. The maximum Gasteiger partial charge on any atom is 0.338 e. The summed E-state index contributed by atoms with van der Waals surface area (Å²) in [5, 5.41) is 16.8. The van der Waals surface area contributed by atoms with Crippen LogP contribution in [0.25, 0.3) is 0 Å². The number of rotatable bonds is 2. The molecule has 2 rings (SSSR count). The van der Waals surface area contributed by atoms with Crippen LogP contribution in [0.2, 0.25) is 0 Å². The molecule has 4 nitrogen and oxygen atoms in total. The standard InChI is InChI=1S/C7H4BrFO2.C7H5FO2/c8-5-3-1-2-4(6(5)9)7(10)11;8-6-4-2-1-3-5(6)7(9)10/h1-3H,(H,10,11);1-4H,(H,9,10). The van der Waals surface area contributed by atoms with E-state index in [-0.39, 0.29) is 15.6 Å². The molecule has 0 aliphatic carbocycles. The first-order valence-corrected chi connectivity index (χ1v) is 6.29. The Labute approximate surface area is 126 Å². The summed E-state index contributed by atoms with van der Waals surface area (Å²) in [6.45, 7) is 0. The van der Waals surface area contributed by atoms with E-state index in [1.54, 1.807) is 0 Å². The van der Waals surface area contributed by atoms with Crippen molar-refractivity contribution in [2.75, 3.05) is 0 Å². The third-order valence-corrected chi connectivity index (χ3v) is 2.90. The van der Waals surface area contributed by atoms with Crippen molar-refractivity contribution in [2.45, 2.75) is 0 Å². The molecule has 0 amide bonds. The van der Waals surface area contributed by atoms with Gasteiger partial charge in [0.15, 0.2) is 5.82 Å². The van der Waals surface area contributed by atoms with E-state index in [0.29, 0.717) is 0 Å². The van der Waals surface area contributed by atoms with Crippen molar-refractivity contribution in [1.82, 2.24) is 0 Å². The SMILES string of the molecule is O=C(O)c1cccc(Br)c1F.O=C(O)c1ccccc1F. The fourth-order valence-electron chi connectivity index (χ4n) is 1.30. The fourth-order valence-corrected chi connectivity index (χ4v) is 1.67. The van der Waals surface area contributed by atoms with Crippen LogP contribution < -0.4 is 0 Å². The van der Waals surface area contributed by atoms with Gasteiger partial charge in [0, 0.05) is 0 Å². The monoisotopic (exact) mass is 358 g/mol. The molecule has 0 radical (unpaired) electrons. The van der Waals surface area contributed by atoms with Crippen LogP contribution in [0.3, 0.4) is 0 Å². The van der Waals surface area contributed by atoms with Gasteiger partial charge in [0.25, 0.3) is 0 Å². The maximum absolute atomic E-state index is 12.8. The molecule has 2 N–H and O–H groups in total. The van der Waals surface area contributed by atoms with Crippen molar-refractivity contribution in [3.63, 3.8) is 0 Å². The summed E-state index contributed by atoms with van der Waals surface area (Å²) >= 11 is 2.88. The molecule has 110 valence electrons. The highest BCUT2D eigenvalue weighted by Crippen LogP contribution is 2.18. The Balaban J connectivity index is 0.000000211. The highest BCUT2D eigenvalue weighted by Gasteiger charge is 2.11. The lowest BCUT2D eigenvalue weighted by Gasteiger charge is -1.97. The van der Waals surface area contributed by atoms with Gasteiger partial charge in [0.1, 0.15) is 5.82 Å². The van der Waals surface area contributed by atoms with E-state index in [1.165, 1.54) is 36.4 Å². The lowest BCUT2D eigenvalue weighted by Crippen LogP contribution is -2.00. The van der Waals surface area contributed by atoms with Gasteiger partial charge in [-0.25, -0.2) is 18.4 Å². The lowest BCUT2D eigenvalue weighted by molar-refractivity contribution is 0.0680. The van der Waals surface area contributed by atoms with Crippen molar-refractivity contribution in [2.24, 2.45) is 0 Å². The molecule has 7 heteroatoms. The predicted octanol–water partition coefficient (Wildman–Crippen LogP) is 3.81. The van der Waals surface area contributed by atoms with Crippen LogP contribution in [-0.4, -0.2) is 22.2 Å². The van der Waals surface area contributed by atoms with Crippen LogP contribution in [0, 0.1) is 11.6 Å². The first-order valence-electron chi connectivity index (χ1n) is 5.49. The molecule has 0 unspecified atom stereocenters. The van der Waals surface area contributed by atoms with Gasteiger partial charge in [0.05, 0.1) is 15.6 Å². The van der Waals surface area contributed by atoms with Gasteiger partial charge in [-0.1, -0.05) is 18.2 Å². The number of halogens is 3. The van der Waals surface area contributed by atoms with Gasteiger partial charge in [-0.05, 0) is 40.2 Å². The summed E-state index contributed by atoms with van der Waals surface area (Å²) < 4.78 is 25.4. The molecule has 0 aliphatic rings. The zero-order valence-corrected chi connectivity index (χ0v) is 12.0. The van der Waals surface area contributed by atoms with Gasteiger partial charge in [-0.3, -0.25) is 0 Å². The third kappa shape index (κ3) is 4.64. The zero-order valence-electron chi connectivity index (χ0n) is 10.4. The number of carboxylic acids is 2. The van der Waals surface area contributed by atoms with Crippen molar-refractivity contribution >= 4 is 27.9 Å². The lowest BCUT2D eigenvalue weighted by atomic mass is 10.2. The van der Waals surface area contributed by atoms with E-state index in [0.717, 1.165) is 6.07 Å². The number of hydrogen-bond acceptors (Lipinski definition) is 2. The molecule has 0 fully saturated rings. The smallest absolute Gasteiger partial charge is 0.338 e. The molecule has 0 aliphatic heterocycles. The van der Waals surface area contributed by atoms with E-state index >= 15 is 0 Å². The number of carbonyl (C=O) groups is 2. The van der Waals surface area contributed by atoms with Crippen LogP contribution in [0.1, 0.15) is 20.7 Å². The third-order valence-electron chi connectivity index (χ3n) is 2.29. The molecule has 0 aromatic heterocycles. The summed E-state index contributed by atoms with van der Waals surface area (Å²) in [5.41, 5.74) is -0.609. The molecular weight excluding hydrogens is 350 g/mol. The Kier molecular flexibility index (Phi) is 5.98. The normalized spacial score (nSPS) is 9.48. The number of aromatic carboxylic acids is 2. The molecule has 0 saturated heterocycles. The highest BCUT2D eigenvalue weighted by molar-refractivity contribution is 9.10. The number of hydrogen-bond donors (Lipinski definition) is 2. The van der Waals surface area contributed by atoms with E-state index in [4.69, 9.17) is 10.2 Å². The topological polar surface area (TPSA) is 74.6 Å². The molecule has 21 heavy (non-hydrogen) atoms. The first kappa shape index (κ1) is 16.8. The summed E-state index contributed by atoms with van der Waals surface area (Å²) in [6, 6.07) is 9.39. The minimum atomic E-state index is -1.26. The van der Waals surface area contributed by atoms with Crippen molar-refractivity contribution in [1.29, 1.82) is 0 Å². The molecule has 0 atom stereocenters. The van der Waals surface area contributed by atoms with Crippen LogP contribution in [0.15, 0.2) is 46.9 Å². The molecular formula is C14H9BrF2O4. The van der Waals surface area contributed by atoms with E-state index in [9.17, 15) is 18.4 Å². The quantitative estimate of drug-likeness (QED) is 0.855. The van der Waals surface area contributed by atoms with Crippen molar-refractivity contribution < 1.29 is 28.6 Å². The molecule has 2 aromatic carbocycles. The Hall–Kier alpha value is -2.28. The zero-order chi connectivity index (χ0) is 16.0. The Morgan fingerprint density at radius 3 is 1.81 bits per heavy atom. The largest absolute Gasteiger partial charge is 0.478 e. The Morgan fingerprint density at radius 2 is 1.38 bits per heavy atom. The molecule has 2 aromatic rings. The van der Waals surface area contributed by atoms with E-state index in [2.05, 4.69) is 15.9 Å². The maximum atomic E-state index is 12.8. The summed E-state index contributed by atoms with van der Waals surface area (Å²) in [4.78, 5) is 20.5. The van der Waals surface area contributed by atoms with Crippen LogP contribution in [0.4, 0.5) is 8.78 Å². The second kappa shape index (κ2) is 7.49. The minimum absolute atomic E-state index is 0.164. The van der Waals surface area contributed by atoms with Gasteiger partial charge < -0.3 is 10.2 Å². The second-order valence-electron chi connectivity index (χ2n) is 3.69. The summed E-state index contributed by atoms with van der Waals surface area (Å²) in [6.07, 6.45) is 0. The molecule has 0 spiro atoms. The van der Waals surface area contributed by atoms with Crippen LogP contribution >= 0.6 is 15.9 Å². The average Bonchev–Trinajstić information content (AvgIpc) is 2.42. The molecule has 0 bridgehead atoms. The van der Waals surface area contributed by atoms with Crippen LogP contribution in [-0.2, 0) is 0 Å². The summed E-state index contributed by atoms with van der Waals surface area (Å²) in [5.74, 6) is -3.93. The second-order valence-corrected chi connectivity index (χ2v) is 4.55. The van der Waals surface area contributed by atoms with Crippen molar-refractivity contribution in [3.8, 4) is 0 Å². The Morgan fingerprint density at radius 1 is 0.857 bits per heavy atom. The molecule has 0 heterocycles. The van der Waals surface area contributed by atoms with Crippen molar-refractivity contribution in [3.05, 3.63) is 69.7 Å². The van der Waals surface area contributed by atoms with Gasteiger partial charge in [-0.2, -0.15) is 0 Å². The van der Waals surface area contributed by atoms with Gasteiger partial charge >= 0.3 is 11.9 Å². The average molecular weight is 359 g/mol. The summed E-state index contributed by atoms with van der Waals surface area (Å²) in [7, 11) is 0. The number of benzene rings is 2. The first-order chi connectivity index (χ1) is 9.84. The van der Waals surface area contributed by atoms with Gasteiger partial charge in [0.2, 0.25) is 0 Å². The van der Waals surface area contributed by atoms with Crippen LogP contribution in [0.5, 0.6) is 0 Å². The van der Waals surface area contributed by atoms with E-state index < -0.39 is 23.6 Å².